The first-order valence-electron chi connectivity index (χ1n) is 6.54. The molecule has 0 saturated heterocycles. The van der Waals surface area contributed by atoms with Crippen molar-refractivity contribution in [2.45, 2.75) is 30.7 Å². The van der Waals surface area contributed by atoms with Crippen molar-refractivity contribution in [3.8, 4) is 0 Å². The second-order valence-electron chi connectivity index (χ2n) is 4.81. The third kappa shape index (κ3) is 3.07. The van der Waals surface area contributed by atoms with Crippen molar-refractivity contribution < 1.29 is 18.9 Å². The van der Waals surface area contributed by atoms with Gasteiger partial charge in [-0.25, -0.2) is 0 Å². The first-order chi connectivity index (χ1) is 9.52. The van der Waals surface area contributed by atoms with E-state index in [1.807, 2.05) is 0 Å². The van der Waals surface area contributed by atoms with E-state index in [0.717, 1.165) is 0 Å². The molecule has 0 heterocycles. The predicted octanol–water partition coefficient (Wildman–Crippen LogP) is 1.41. The molecule has 0 aromatic heterocycles. The summed E-state index contributed by atoms with van der Waals surface area (Å²) in [5.41, 5.74) is 0.409. The van der Waals surface area contributed by atoms with Crippen LogP contribution in [0.15, 0.2) is 29.2 Å². The third-order valence-corrected chi connectivity index (χ3v) is 4.83. The Morgan fingerprint density at radius 1 is 1.35 bits per heavy atom. The zero-order chi connectivity index (χ0) is 14.7. The van der Waals surface area contributed by atoms with Gasteiger partial charge in [0.1, 0.15) is 0 Å². The molecule has 108 valence electrons. The van der Waals surface area contributed by atoms with Gasteiger partial charge in [-0.3, -0.25) is 13.8 Å². The Kier molecular flexibility index (Phi) is 4.54. The number of carboxylic acid groups (broad SMARTS) is 1. The second kappa shape index (κ2) is 6.17. The minimum Gasteiger partial charge on any atom is -0.481 e. The largest absolute Gasteiger partial charge is 0.481 e. The Hall–Kier alpha value is -1.69. The number of aliphatic carboxylic acids is 1. The number of rotatable bonds is 5. The van der Waals surface area contributed by atoms with E-state index in [1.165, 1.54) is 0 Å². The van der Waals surface area contributed by atoms with Crippen molar-refractivity contribution in [1.82, 2.24) is 5.32 Å². The Labute approximate surface area is 119 Å². The van der Waals surface area contributed by atoms with Crippen molar-refractivity contribution in [1.29, 1.82) is 0 Å². The van der Waals surface area contributed by atoms with Crippen molar-refractivity contribution in [2.24, 2.45) is 5.92 Å². The molecule has 1 aliphatic carbocycles. The molecule has 0 aliphatic heterocycles. The number of hydrogen-bond acceptors (Lipinski definition) is 3. The number of carbonyl (C=O) groups excluding carboxylic acids is 1. The summed E-state index contributed by atoms with van der Waals surface area (Å²) in [6.45, 7) is 1.80. The number of amides is 1. The molecule has 1 aromatic carbocycles. The van der Waals surface area contributed by atoms with E-state index in [-0.39, 0.29) is 17.9 Å². The summed E-state index contributed by atoms with van der Waals surface area (Å²) in [6.07, 6.45) is 0.917. The molecule has 2 rings (SSSR count). The van der Waals surface area contributed by atoms with Gasteiger partial charge in [-0.15, -0.1) is 0 Å². The molecule has 1 amide bonds. The number of benzene rings is 1. The van der Waals surface area contributed by atoms with Gasteiger partial charge >= 0.3 is 5.97 Å². The van der Waals surface area contributed by atoms with Gasteiger partial charge in [0, 0.05) is 11.8 Å². The molecule has 0 spiro atoms. The van der Waals surface area contributed by atoms with E-state index in [4.69, 9.17) is 5.11 Å². The Morgan fingerprint density at radius 3 is 2.60 bits per heavy atom. The van der Waals surface area contributed by atoms with Crippen LogP contribution in [0.4, 0.5) is 0 Å². The summed E-state index contributed by atoms with van der Waals surface area (Å²) in [4.78, 5) is 23.4. The van der Waals surface area contributed by atoms with Crippen molar-refractivity contribution in [3.63, 3.8) is 0 Å². The molecule has 1 unspecified atom stereocenters. The van der Waals surface area contributed by atoms with E-state index in [1.54, 1.807) is 31.2 Å². The standard InChI is InChI=1S/C14H17NO4S/c1-2-20(19)12-6-4-3-5-11(12)13(16)15-10-7-9(8-10)14(17)18/h3-6,9-10H,2,7-8H2,1H3,(H,15,16)(H,17,18). The van der Waals surface area contributed by atoms with Gasteiger partial charge in [0.05, 0.1) is 27.2 Å². The van der Waals surface area contributed by atoms with E-state index in [9.17, 15) is 13.8 Å². The Balaban J connectivity index is 2.04. The highest BCUT2D eigenvalue weighted by atomic mass is 32.2. The highest BCUT2D eigenvalue weighted by Crippen LogP contribution is 2.28. The van der Waals surface area contributed by atoms with E-state index in [2.05, 4.69) is 5.32 Å². The second-order valence-corrected chi connectivity index (χ2v) is 6.52. The van der Waals surface area contributed by atoms with E-state index in [0.29, 0.717) is 29.1 Å². The van der Waals surface area contributed by atoms with Crippen LogP contribution >= 0.6 is 0 Å². The first-order valence-corrected chi connectivity index (χ1v) is 7.86. The molecule has 20 heavy (non-hydrogen) atoms. The fourth-order valence-corrected chi connectivity index (χ4v) is 3.16. The molecule has 2 N–H and O–H groups in total. The van der Waals surface area contributed by atoms with Crippen LogP contribution in [0.25, 0.3) is 0 Å². The van der Waals surface area contributed by atoms with Gasteiger partial charge in [0.15, 0.2) is 0 Å². The topological polar surface area (TPSA) is 83.5 Å². The zero-order valence-corrected chi connectivity index (χ0v) is 12.0. The summed E-state index contributed by atoms with van der Waals surface area (Å²) in [5.74, 6) is -1.01. The fourth-order valence-electron chi connectivity index (χ4n) is 2.21. The SMILES string of the molecule is CCS(=O)c1ccccc1C(=O)NC1CC(C(=O)O)C1. The quantitative estimate of drug-likeness (QED) is 0.860. The lowest BCUT2D eigenvalue weighted by molar-refractivity contribution is -0.145. The fraction of sp³-hybridized carbons (Fsp3) is 0.429. The highest BCUT2D eigenvalue weighted by Gasteiger charge is 2.35. The molecule has 5 nitrogen and oxygen atoms in total. The molecule has 1 aromatic rings. The van der Waals surface area contributed by atoms with Gasteiger partial charge in [-0.05, 0) is 25.0 Å². The van der Waals surface area contributed by atoms with Crippen LogP contribution in [0.1, 0.15) is 30.1 Å². The molecule has 1 fully saturated rings. The van der Waals surface area contributed by atoms with Crippen LogP contribution in [0.2, 0.25) is 0 Å². The predicted molar refractivity (Wildman–Crippen MR) is 75.0 cm³/mol. The van der Waals surface area contributed by atoms with Gasteiger partial charge in [-0.1, -0.05) is 19.1 Å². The number of nitrogens with one attached hydrogen (secondary N) is 1. The van der Waals surface area contributed by atoms with Crippen LogP contribution < -0.4 is 5.32 Å². The average Bonchev–Trinajstić information content (AvgIpc) is 2.40. The van der Waals surface area contributed by atoms with Gasteiger partial charge < -0.3 is 10.4 Å². The van der Waals surface area contributed by atoms with Gasteiger partial charge in [0.2, 0.25) is 0 Å². The van der Waals surface area contributed by atoms with Crippen LogP contribution in [0.3, 0.4) is 0 Å². The summed E-state index contributed by atoms with van der Waals surface area (Å²) < 4.78 is 11.9. The summed E-state index contributed by atoms with van der Waals surface area (Å²) in [6, 6.07) is 6.71. The van der Waals surface area contributed by atoms with Crippen molar-refractivity contribution in [3.05, 3.63) is 29.8 Å². The molecule has 1 saturated carbocycles. The average molecular weight is 295 g/mol. The number of hydrogen-bond donors (Lipinski definition) is 2. The molecular formula is C14H17NO4S. The van der Waals surface area contributed by atoms with E-state index >= 15 is 0 Å². The highest BCUT2D eigenvalue weighted by molar-refractivity contribution is 7.85. The van der Waals surface area contributed by atoms with Gasteiger partial charge in [-0.2, -0.15) is 0 Å². The van der Waals surface area contributed by atoms with Crippen LogP contribution in [0.5, 0.6) is 0 Å². The third-order valence-electron chi connectivity index (χ3n) is 3.46. The normalized spacial score (nSPS) is 22.6. The molecule has 0 bridgehead atoms. The van der Waals surface area contributed by atoms with Crippen molar-refractivity contribution in [2.75, 3.05) is 5.75 Å². The maximum Gasteiger partial charge on any atom is 0.306 e. The number of carboxylic acids is 1. The lowest BCUT2D eigenvalue weighted by atomic mass is 9.80. The van der Waals surface area contributed by atoms with E-state index < -0.39 is 16.8 Å². The molecule has 0 radical (unpaired) electrons. The maximum atomic E-state index is 12.2. The molecular weight excluding hydrogens is 278 g/mol. The zero-order valence-electron chi connectivity index (χ0n) is 11.2. The molecule has 1 atom stereocenters. The van der Waals surface area contributed by atoms with Crippen LogP contribution in [-0.4, -0.2) is 33.0 Å². The maximum absolute atomic E-state index is 12.2. The minimum absolute atomic E-state index is 0.105. The number of carbonyl (C=O) groups is 2. The molecule has 6 heteroatoms. The summed E-state index contributed by atoms with van der Waals surface area (Å²) in [7, 11) is -1.19. The van der Waals surface area contributed by atoms with Gasteiger partial charge in [0.25, 0.3) is 5.91 Å². The smallest absolute Gasteiger partial charge is 0.306 e. The Bertz CT molecular complexity index is 552. The van der Waals surface area contributed by atoms with Crippen molar-refractivity contribution >= 4 is 22.7 Å². The molecule has 1 aliphatic rings. The van der Waals surface area contributed by atoms with Crippen LogP contribution in [-0.2, 0) is 15.6 Å². The lowest BCUT2D eigenvalue weighted by Gasteiger charge is -2.32. The summed E-state index contributed by atoms with van der Waals surface area (Å²) >= 11 is 0. The summed E-state index contributed by atoms with van der Waals surface area (Å²) in [5, 5.41) is 11.6. The Morgan fingerprint density at radius 2 is 2.00 bits per heavy atom. The monoisotopic (exact) mass is 295 g/mol. The van der Waals surface area contributed by atoms with Crippen LogP contribution in [0, 0.1) is 5.92 Å². The first kappa shape index (κ1) is 14.7. The minimum atomic E-state index is -1.19. The lowest BCUT2D eigenvalue weighted by Crippen LogP contribution is -2.46.